The molecular formula is C13H16BrNO2. The van der Waals surface area contributed by atoms with Crippen molar-refractivity contribution < 1.29 is 9.90 Å². The summed E-state index contributed by atoms with van der Waals surface area (Å²) in [5.41, 5.74) is 0.435. The Balaban J connectivity index is 2.20. The van der Waals surface area contributed by atoms with Gasteiger partial charge in [-0.05, 0) is 46.8 Å². The van der Waals surface area contributed by atoms with Crippen molar-refractivity contribution in [3.8, 4) is 0 Å². The number of carbonyl (C=O) groups is 1. The molecule has 1 aliphatic carbocycles. The molecule has 1 heterocycles. The van der Waals surface area contributed by atoms with Crippen LogP contribution in [0.15, 0.2) is 22.9 Å². The molecule has 0 amide bonds. The van der Waals surface area contributed by atoms with Gasteiger partial charge in [-0.1, -0.05) is 19.3 Å². The zero-order valence-electron chi connectivity index (χ0n) is 9.66. The van der Waals surface area contributed by atoms with Crippen LogP contribution in [-0.2, 0) is 11.2 Å². The monoisotopic (exact) mass is 297 g/mol. The molecule has 0 bridgehead atoms. The average Bonchev–Trinajstić information content (AvgIpc) is 2.30. The maximum Gasteiger partial charge on any atom is 0.309 e. The Kier molecular flexibility index (Phi) is 3.82. The first-order chi connectivity index (χ1) is 8.12. The van der Waals surface area contributed by atoms with Crippen molar-refractivity contribution in [2.75, 3.05) is 0 Å². The molecule has 1 aromatic heterocycles. The van der Waals surface area contributed by atoms with Gasteiger partial charge in [0.25, 0.3) is 0 Å². The van der Waals surface area contributed by atoms with E-state index in [9.17, 15) is 9.90 Å². The summed E-state index contributed by atoms with van der Waals surface area (Å²) in [6.07, 6.45) is 8.85. The molecule has 1 aromatic rings. The summed E-state index contributed by atoms with van der Waals surface area (Å²) in [5, 5.41) is 9.49. The van der Waals surface area contributed by atoms with E-state index in [2.05, 4.69) is 20.9 Å². The molecule has 1 aliphatic rings. The molecule has 0 atom stereocenters. The lowest BCUT2D eigenvalue weighted by Gasteiger charge is -2.33. The predicted molar refractivity (Wildman–Crippen MR) is 68.8 cm³/mol. The molecule has 0 aromatic carbocycles. The molecule has 1 saturated carbocycles. The number of carboxylic acids is 1. The second-order valence-corrected chi connectivity index (χ2v) is 5.75. The number of carboxylic acid groups (broad SMARTS) is 1. The topological polar surface area (TPSA) is 50.2 Å². The summed E-state index contributed by atoms with van der Waals surface area (Å²) in [5.74, 6) is -0.655. The molecule has 0 aliphatic heterocycles. The van der Waals surface area contributed by atoms with Gasteiger partial charge in [0.05, 0.1) is 5.41 Å². The van der Waals surface area contributed by atoms with Crippen LogP contribution in [0.5, 0.6) is 0 Å². The van der Waals surface area contributed by atoms with Crippen molar-refractivity contribution in [3.63, 3.8) is 0 Å². The van der Waals surface area contributed by atoms with Gasteiger partial charge in [-0.3, -0.25) is 9.78 Å². The lowest BCUT2D eigenvalue weighted by Crippen LogP contribution is -2.35. The zero-order valence-corrected chi connectivity index (χ0v) is 11.2. The lowest BCUT2D eigenvalue weighted by molar-refractivity contribution is -0.151. The fourth-order valence-corrected chi connectivity index (χ4v) is 3.05. The van der Waals surface area contributed by atoms with E-state index in [1.165, 1.54) is 0 Å². The number of rotatable bonds is 3. The Hall–Kier alpha value is -0.900. The summed E-state index contributed by atoms with van der Waals surface area (Å²) >= 11 is 3.37. The summed E-state index contributed by atoms with van der Waals surface area (Å²) < 4.78 is 0.909. The number of nitrogens with zero attached hydrogens (tertiary/aromatic N) is 1. The summed E-state index contributed by atoms with van der Waals surface area (Å²) in [4.78, 5) is 15.6. The Bertz CT molecular complexity index is 414. The number of aromatic nitrogens is 1. The van der Waals surface area contributed by atoms with Crippen LogP contribution in [0, 0.1) is 5.41 Å². The number of hydrogen-bond acceptors (Lipinski definition) is 2. The minimum Gasteiger partial charge on any atom is -0.481 e. The van der Waals surface area contributed by atoms with Crippen molar-refractivity contribution in [1.29, 1.82) is 0 Å². The Morgan fingerprint density at radius 1 is 1.35 bits per heavy atom. The van der Waals surface area contributed by atoms with Crippen LogP contribution in [0.4, 0.5) is 0 Å². The van der Waals surface area contributed by atoms with E-state index in [4.69, 9.17) is 0 Å². The van der Waals surface area contributed by atoms with Crippen LogP contribution in [-0.4, -0.2) is 16.1 Å². The van der Waals surface area contributed by atoms with Crippen molar-refractivity contribution in [2.45, 2.75) is 38.5 Å². The van der Waals surface area contributed by atoms with Gasteiger partial charge in [-0.15, -0.1) is 0 Å². The number of hydrogen-bond donors (Lipinski definition) is 1. The van der Waals surface area contributed by atoms with Gasteiger partial charge in [0.15, 0.2) is 0 Å². The van der Waals surface area contributed by atoms with E-state index in [-0.39, 0.29) is 0 Å². The molecular weight excluding hydrogens is 282 g/mol. The van der Waals surface area contributed by atoms with E-state index < -0.39 is 11.4 Å². The molecule has 0 radical (unpaired) electrons. The number of pyridine rings is 1. The third-order valence-corrected chi connectivity index (χ3v) is 4.00. The van der Waals surface area contributed by atoms with E-state index in [1.807, 2.05) is 6.07 Å². The van der Waals surface area contributed by atoms with Gasteiger partial charge < -0.3 is 5.11 Å². The molecule has 17 heavy (non-hydrogen) atoms. The third kappa shape index (κ3) is 2.86. The first kappa shape index (κ1) is 12.6. The Morgan fingerprint density at radius 2 is 2.06 bits per heavy atom. The Labute approximate surface area is 109 Å². The number of halogens is 1. The SMILES string of the molecule is O=C(O)C1(Cc2cncc(Br)c2)CCCCC1. The highest BCUT2D eigenvalue weighted by Gasteiger charge is 2.39. The van der Waals surface area contributed by atoms with Crippen molar-refractivity contribution in [3.05, 3.63) is 28.5 Å². The van der Waals surface area contributed by atoms with Gasteiger partial charge in [0.2, 0.25) is 0 Å². The molecule has 1 N–H and O–H groups in total. The predicted octanol–water partition coefficient (Wildman–Crippen LogP) is 3.42. The van der Waals surface area contributed by atoms with Gasteiger partial charge in [-0.2, -0.15) is 0 Å². The fourth-order valence-electron chi connectivity index (χ4n) is 2.64. The van der Waals surface area contributed by atoms with Crippen LogP contribution < -0.4 is 0 Å². The smallest absolute Gasteiger partial charge is 0.309 e. The first-order valence-electron chi connectivity index (χ1n) is 5.95. The minimum atomic E-state index is -0.655. The summed E-state index contributed by atoms with van der Waals surface area (Å²) in [7, 11) is 0. The largest absolute Gasteiger partial charge is 0.481 e. The van der Waals surface area contributed by atoms with E-state index in [0.29, 0.717) is 6.42 Å². The number of aliphatic carboxylic acids is 1. The highest BCUT2D eigenvalue weighted by molar-refractivity contribution is 9.10. The quantitative estimate of drug-likeness (QED) is 0.930. The summed E-state index contributed by atoms with van der Waals surface area (Å²) in [6, 6.07) is 1.96. The Morgan fingerprint density at radius 3 is 2.65 bits per heavy atom. The van der Waals surface area contributed by atoms with Crippen molar-refractivity contribution in [1.82, 2.24) is 4.98 Å². The second kappa shape index (κ2) is 5.17. The van der Waals surface area contributed by atoms with Crippen molar-refractivity contribution in [2.24, 2.45) is 5.41 Å². The minimum absolute atomic E-state index is 0.569. The second-order valence-electron chi connectivity index (χ2n) is 4.83. The van der Waals surface area contributed by atoms with Crippen LogP contribution in [0.2, 0.25) is 0 Å². The van der Waals surface area contributed by atoms with E-state index in [1.54, 1.807) is 12.4 Å². The van der Waals surface area contributed by atoms with Gasteiger partial charge in [-0.25, -0.2) is 0 Å². The molecule has 92 valence electrons. The fraction of sp³-hybridized carbons (Fsp3) is 0.538. The molecule has 0 spiro atoms. The first-order valence-corrected chi connectivity index (χ1v) is 6.75. The molecule has 1 fully saturated rings. The lowest BCUT2D eigenvalue weighted by atomic mass is 9.70. The molecule has 0 unspecified atom stereocenters. The highest BCUT2D eigenvalue weighted by Crippen LogP contribution is 2.39. The summed E-state index contributed by atoms with van der Waals surface area (Å²) in [6.45, 7) is 0. The molecule has 2 rings (SSSR count). The molecule has 0 saturated heterocycles. The van der Waals surface area contributed by atoms with Crippen LogP contribution >= 0.6 is 15.9 Å². The van der Waals surface area contributed by atoms with Gasteiger partial charge in [0.1, 0.15) is 0 Å². The maximum atomic E-state index is 11.5. The normalized spacial score (nSPS) is 18.9. The molecule has 4 heteroatoms. The van der Waals surface area contributed by atoms with Gasteiger partial charge >= 0.3 is 5.97 Å². The van der Waals surface area contributed by atoms with Crippen LogP contribution in [0.3, 0.4) is 0 Å². The van der Waals surface area contributed by atoms with Crippen LogP contribution in [0.1, 0.15) is 37.7 Å². The highest BCUT2D eigenvalue weighted by atomic mass is 79.9. The van der Waals surface area contributed by atoms with Crippen molar-refractivity contribution >= 4 is 21.9 Å². The molecule has 3 nitrogen and oxygen atoms in total. The zero-order chi connectivity index (χ0) is 12.3. The third-order valence-electron chi connectivity index (χ3n) is 3.57. The maximum absolute atomic E-state index is 11.5. The van der Waals surface area contributed by atoms with Gasteiger partial charge in [0, 0.05) is 16.9 Å². The standard InChI is InChI=1S/C13H16BrNO2/c14-11-6-10(8-15-9-11)7-13(12(16)17)4-2-1-3-5-13/h6,8-9H,1-5,7H2,(H,16,17). The van der Waals surface area contributed by atoms with E-state index in [0.717, 1.165) is 42.1 Å². The van der Waals surface area contributed by atoms with E-state index >= 15 is 0 Å². The van der Waals surface area contributed by atoms with Crippen LogP contribution in [0.25, 0.3) is 0 Å². The average molecular weight is 298 g/mol.